The van der Waals surface area contributed by atoms with Crippen LogP contribution < -0.4 is 5.32 Å². The van der Waals surface area contributed by atoms with E-state index in [-0.39, 0.29) is 11.6 Å². The molecule has 1 fully saturated rings. The van der Waals surface area contributed by atoms with Gasteiger partial charge in [0.05, 0.1) is 17.4 Å². The van der Waals surface area contributed by atoms with Crippen LogP contribution in [0.2, 0.25) is 0 Å². The first-order valence-corrected chi connectivity index (χ1v) is 9.75. The summed E-state index contributed by atoms with van der Waals surface area (Å²) in [4.78, 5) is 21.3. The average Bonchev–Trinajstić information content (AvgIpc) is 3.33. The second-order valence-corrected chi connectivity index (χ2v) is 7.25. The molecule has 0 saturated heterocycles. The SMILES string of the molecule is Cc1cc(-c2nc(C(=O)Nc3cc4cn(C)nc4cc3C3CC3)co2)ccn1.OCl. The summed E-state index contributed by atoms with van der Waals surface area (Å²) >= 11 is 3.64. The zero-order chi connectivity index (χ0) is 21.3. The number of nitrogens with zero attached hydrogens (tertiary/aromatic N) is 4. The minimum atomic E-state index is -0.286. The maximum Gasteiger partial charge on any atom is 0.277 e. The standard InChI is InChI=1S/C21H19N5O2.ClHO/c1-12-7-14(5-6-22-12)21-24-19(11-28-21)20(27)23-18-8-15-10-26(2)25-17(15)9-16(18)13-3-4-13;1-2/h5-11,13H,3-4H2,1-2H3,(H,23,27);2H. The summed E-state index contributed by atoms with van der Waals surface area (Å²) in [6, 6.07) is 7.74. The van der Waals surface area contributed by atoms with Crippen molar-refractivity contribution in [2.45, 2.75) is 25.7 Å². The zero-order valence-electron chi connectivity index (χ0n) is 16.5. The Morgan fingerprint density at radius 2 is 2.10 bits per heavy atom. The largest absolute Gasteiger partial charge is 0.444 e. The van der Waals surface area contributed by atoms with E-state index in [4.69, 9.17) is 9.08 Å². The Labute approximate surface area is 177 Å². The summed E-state index contributed by atoms with van der Waals surface area (Å²) in [5, 5.41) is 8.49. The molecule has 0 radical (unpaired) electrons. The van der Waals surface area contributed by atoms with Crippen LogP contribution >= 0.6 is 11.9 Å². The molecule has 2 N–H and O–H groups in total. The van der Waals surface area contributed by atoms with E-state index in [0.717, 1.165) is 46.3 Å². The van der Waals surface area contributed by atoms with Crippen LogP contribution in [-0.4, -0.2) is 30.3 Å². The van der Waals surface area contributed by atoms with Crippen molar-refractivity contribution in [2.24, 2.45) is 7.05 Å². The summed E-state index contributed by atoms with van der Waals surface area (Å²) in [6.45, 7) is 1.90. The van der Waals surface area contributed by atoms with Gasteiger partial charge < -0.3 is 9.73 Å². The molecule has 3 aromatic heterocycles. The van der Waals surface area contributed by atoms with Crippen LogP contribution in [-0.2, 0) is 7.05 Å². The summed E-state index contributed by atoms with van der Waals surface area (Å²) in [7, 11) is 1.90. The molecule has 0 spiro atoms. The molecule has 1 amide bonds. The number of aromatic nitrogens is 4. The van der Waals surface area contributed by atoms with Crippen molar-refractivity contribution in [3.63, 3.8) is 0 Å². The molecule has 9 heteroatoms. The minimum Gasteiger partial charge on any atom is -0.444 e. The molecule has 3 heterocycles. The van der Waals surface area contributed by atoms with Gasteiger partial charge in [-0.3, -0.25) is 19.1 Å². The molecule has 0 aliphatic heterocycles. The lowest BCUT2D eigenvalue weighted by molar-refractivity contribution is 0.102. The molecule has 154 valence electrons. The first-order chi connectivity index (χ1) is 14.6. The lowest BCUT2D eigenvalue weighted by Gasteiger charge is -2.09. The van der Waals surface area contributed by atoms with Crippen molar-refractivity contribution in [3.05, 3.63) is 59.9 Å². The van der Waals surface area contributed by atoms with Crippen LogP contribution in [0.4, 0.5) is 5.69 Å². The van der Waals surface area contributed by atoms with Gasteiger partial charge in [-0.2, -0.15) is 5.10 Å². The third-order valence-electron chi connectivity index (χ3n) is 4.94. The van der Waals surface area contributed by atoms with Crippen molar-refractivity contribution < 1.29 is 13.9 Å². The highest BCUT2D eigenvalue weighted by molar-refractivity contribution is 6.05. The Morgan fingerprint density at radius 1 is 1.30 bits per heavy atom. The molecule has 1 saturated carbocycles. The summed E-state index contributed by atoms with van der Waals surface area (Å²) < 4.78 is 13.8. The number of halogens is 1. The smallest absolute Gasteiger partial charge is 0.277 e. The van der Waals surface area contributed by atoms with Gasteiger partial charge in [0.15, 0.2) is 5.69 Å². The second-order valence-electron chi connectivity index (χ2n) is 7.25. The third-order valence-corrected chi connectivity index (χ3v) is 4.94. The van der Waals surface area contributed by atoms with E-state index in [0.29, 0.717) is 11.8 Å². The number of anilines is 1. The number of oxazole rings is 1. The van der Waals surface area contributed by atoms with E-state index in [1.54, 1.807) is 10.9 Å². The van der Waals surface area contributed by atoms with Gasteiger partial charge in [0.2, 0.25) is 5.89 Å². The normalized spacial score (nSPS) is 13.1. The highest BCUT2D eigenvalue weighted by Crippen LogP contribution is 2.44. The molecule has 5 rings (SSSR count). The van der Waals surface area contributed by atoms with E-state index in [9.17, 15) is 4.79 Å². The Bertz CT molecular complexity index is 1210. The third kappa shape index (κ3) is 4.05. The number of carbonyl (C=O) groups is 1. The Hall–Kier alpha value is -3.23. The molecular formula is C21H20ClN5O3. The maximum absolute atomic E-state index is 12.8. The average molecular weight is 426 g/mol. The highest BCUT2D eigenvalue weighted by Gasteiger charge is 2.28. The van der Waals surface area contributed by atoms with Crippen molar-refractivity contribution >= 4 is 34.4 Å². The Morgan fingerprint density at radius 3 is 2.83 bits per heavy atom. The molecule has 1 aromatic carbocycles. The monoisotopic (exact) mass is 425 g/mol. The Kier molecular flexibility index (Phi) is 5.52. The van der Waals surface area contributed by atoms with Gasteiger partial charge in [0, 0.05) is 41.8 Å². The van der Waals surface area contributed by atoms with Crippen LogP contribution in [0.3, 0.4) is 0 Å². The van der Waals surface area contributed by atoms with E-state index < -0.39 is 0 Å². The number of rotatable bonds is 4. The molecule has 0 atom stereocenters. The number of benzene rings is 1. The van der Waals surface area contributed by atoms with Gasteiger partial charge in [-0.05, 0) is 55.5 Å². The number of aryl methyl sites for hydroxylation is 2. The van der Waals surface area contributed by atoms with E-state index in [1.165, 1.54) is 6.26 Å². The summed E-state index contributed by atoms with van der Waals surface area (Å²) in [5.74, 6) is 0.598. The van der Waals surface area contributed by atoms with E-state index >= 15 is 0 Å². The number of carbonyl (C=O) groups excluding carboxylic acids is 1. The number of fused-ring (bicyclic) bond motifs is 1. The van der Waals surface area contributed by atoms with Gasteiger partial charge in [0.1, 0.15) is 6.26 Å². The predicted octanol–water partition coefficient (Wildman–Crippen LogP) is 4.19. The topological polar surface area (TPSA) is 106 Å². The molecule has 1 aliphatic rings. The predicted molar refractivity (Wildman–Crippen MR) is 113 cm³/mol. The molecule has 30 heavy (non-hydrogen) atoms. The fraction of sp³-hybridized carbons (Fsp3) is 0.238. The van der Waals surface area contributed by atoms with Gasteiger partial charge in [-0.15, -0.1) is 0 Å². The van der Waals surface area contributed by atoms with E-state index in [2.05, 4.69) is 38.3 Å². The van der Waals surface area contributed by atoms with Gasteiger partial charge >= 0.3 is 0 Å². The fourth-order valence-corrected chi connectivity index (χ4v) is 3.43. The minimum absolute atomic E-state index is 0.248. The van der Waals surface area contributed by atoms with Crippen molar-refractivity contribution in [3.8, 4) is 11.5 Å². The Balaban J connectivity index is 0.00000106. The number of nitrogens with one attached hydrogen (secondary N) is 1. The van der Waals surface area contributed by atoms with Crippen molar-refractivity contribution in [2.75, 3.05) is 5.32 Å². The van der Waals surface area contributed by atoms with Gasteiger partial charge in [0.25, 0.3) is 5.91 Å². The lowest BCUT2D eigenvalue weighted by Crippen LogP contribution is -2.13. The molecule has 0 unspecified atom stereocenters. The summed E-state index contributed by atoms with van der Waals surface area (Å²) in [5.41, 5.74) is 4.80. The van der Waals surface area contributed by atoms with Crippen LogP contribution in [0.25, 0.3) is 22.4 Å². The van der Waals surface area contributed by atoms with Crippen LogP contribution in [0, 0.1) is 6.92 Å². The van der Waals surface area contributed by atoms with Gasteiger partial charge in [-0.1, -0.05) is 0 Å². The van der Waals surface area contributed by atoms with Crippen molar-refractivity contribution in [1.82, 2.24) is 19.7 Å². The molecular weight excluding hydrogens is 406 g/mol. The first kappa shape index (κ1) is 20.1. The molecule has 4 aromatic rings. The van der Waals surface area contributed by atoms with Gasteiger partial charge in [-0.25, -0.2) is 4.98 Å². The van der Waals surface area contributed by atoms with Crippen molar-refractivity contribution in [1.29, 1.82) is 0 Å². The number of hydrogen-bond donors (Lipinski definition) is 2. The van der Waals surface area contributed by atoms with Crippen LogP contribution in [0.5, 0.6) is 0 Å². The molecule has 0 bridgehead atoms. The van der Waals surface area contributed by atoms with E-state index in [1.807, 2.05) is 38.4 Å². The first-order valence-electron chi connectivity index (χ1n) is 9.41. The summed E-state index contributed by atoms with van der Waals surface area (Å²) in [6.07, 6.45) is 7.30. The van der Waals surface area contributed by atoms with Crippen LogP contribution in [0.15, 0.2) is 47.3 Å². The second kappa shape index (κ2) is 8.25. The zero-order valence-corrected chi connectivity index (χ0v) is 17.2. The number of pyridine rings is 1. The van der Waals surface area contributed by atoms with Crippen LogP contribution in [0.1, 0.15) is 40.5 Å². The molecule has 1 aliphatic carbocycles. The quantitative estimate of drug-likeness (QED) is 0.507. The fourth-order valence-electron chi connectivity index (χ4n) is 3.43. The number of hydrogen-bond acceptors (Lipinski definition) is 6. The highest BCUT2D eigenvalue weighted by atomic mass is 35.5. The molecule has 8 nitrogen and oxygen atoms in total. The number of amides is 1. The lowest BCUT2D eigenvalue weighted by atomic mass is 10.1. The maximum atomic E-state index is 12.8.